The van der Waals surface area contributed by atoms with E-state index < -0.39 is 0 Å². The van der Waals surface area contributed by atoms with E-state index in [4.69, 9.17) is 0 Å². The fraction of sp³-hybridized carbons (Fsp3) is 0.333. The molecular formula is C15H19N3. The predicted octanol–water partition coefficient (Wildman–Crippen LogP) is 2.79. The van der Waals surface area contributed by atoms with Crippen molar-refractivity contribution >= 4 is 0 Å². The number of hydrogen-bond donors (Lipinski definition) is 1. The van der Waals surface area contributed by atoms with Crippen LogP contribution in [0.3, 0.4) is 0 Å². The van der Waals surface area contributed by atoms with Crippen molar-refractivity contribution in [1.29, 1.82) is 0 Å². The highest BCUT2D eigenvalue weighted by Crippen LogP contribution is 2.19. The Labute approximate surface area is 108 Å². The van der Waals surface area contributed by atoms with E-state index in [2.05, 4.69) is 53.4 Å². The summed E-state index contributed by atoms with van der Waals surface area (Å²) in [5.41, 5.74) is 3.54. The molecule has 0 aliphatic heterocycles. The van der Waals surface area contributed by atoms with Crippen LogP contribution in [0.15, 0.2) is 36.7 Å². The summed E-state index contributed by atoms with van der Waals surface area (Å²) >= 11 is 0. The number of benzene rings is 1. The third-order valence-electron chi connectivity index (χ3n) is 2.88. The first-order valence-corrected chi connectivity index (χ1v) is 6.29. The van der Waals surface area contributed by atoms with Crippen molar-refractivity contribution in [3.63, 3.8) is 0 Å². The monoisotopic (exact) mass is 241 g/mol. The lowest BCUT2D eigenvalue weighted by atomic mass is 10.0. The molecule has 0 spiro atoms. The van der Waals surface area contributed by atoms with Crippen LogP contribution in [0.2, 0.25) is 0 Å². The van der Waals surface area contributed by atoms with Crippen molar-refractivity contribution in [3.8, 4) is 0 Å². The first kappa shape index (κ1) is 12.7. The Bertz CT molecular complexity index is 443. The van der Waals surface area contributed by atoms with Crippen LogP contribution < -0.4 is 5.32 Å². The number of rotatable bonds is 4. The molecule has 0 aliphatic rings. The van der Waals surface area contributed by atoms with Gasteiger partial charge in [-0.3, -0.25) is 0 Å². The fourth-order valence-corrected chi connectivity index (χ4v) is 1.87. The quantitative estimate of drug-likeness (QED) is 0.894. The lowest BCUT2D eigenvalue weighted by molar-refractivity contribution is 0.596. The molecule has 1 aromatic heterocycles. The van der Waals surface area contributed by atoms with Crippen molar-refractivity contribution in [3.05, 3.63) is 59.2 Å². The van der Waals surface area contributed by atoms with Crippen LogP contribution in [0.25, 0.3) is 0 Å². The largest absolute Gasteiger partial charge is 0.304 e. The Morgan fingerprint density at radius 3 is 2.17 bits per heavy atom. The van der Waals surface area contributed by atoms with Gasteiger partial charge in [-0.15, -0.1) is 0 Å². The van der Waals surface area contributed by atoms with Gasteiger partial charge in [-0.05, 0) is 31.5 Å². The molecule has 0 fully saturated rings. The van der Waals surface area contributed by atoms with Gasteiger partial charge in [0.2, 0.25) is 0 Å². The van der Waals surface area contributed by atoms with Gasteiger partial charge in [-0.1, -0.05) is 36.8 Å². The Morgan fingerprint density at radius 1 is 1.00 bits per heavy atom. The SMILES string of the molecule is CCNC(c1ccc(C)cc1)c1ncc(C)cn1. The van der Waals surface area contributed by atoms with Crippen LogP contribution in [-0.4, -0.2) is 16.5 Å². The highest BCUT2D eigenvalue weighted by Gasteiger charge is 2.15. The fourth-order valence-electron chi connectivity index (χ4n) is 1.87. The van der Waals surface area contributed by atoms with Crippen molar-refractivity contribution in [2.75, 3.05) is 6.54 Å². The maximum absolute atomic E-state index is 4.42. The molecule has 1 atom stereocenters. The van der Waals surface area contributed by atoms with Crippen LogP contribution in [0, 0.1) is 13.8 Å². The molecule has 1 aromatic carbocycles. The highest BCUT2D eigenvalue weighted by molar-refractivity contribution is 5.28. The maximum atomic E-state index is 4.42. The Morgan fingerprint density at radius 2 is 1.61 bits per heavy atom. The van der Waals surface area contributed by atoms with Gasteiger partial charge in [0.25, 0.3) is 0 Å². The molecule has 0 amide bonds. The van der Waals surface area contributed by atoms with E-state index in [1.165, 1.54) is 11.1 Å². The molecule has 18 heavy (non-hydrogen) atoms. The van der Waals surface area contributed by atoms with E-state index in [1.807, 2.05) is 19.3 Å². The molecule has 1 unspecified atom stereocenters. The summed E-state index contributed by atoms with van der Waals surface area (Å²) in [7, 11) is 0. The standard InChI is InChI=1S/C15H19N3/c1-4-16-14(13-7-5-11(2)6-8-13)15-17-9-12(3)10-18-15/h5-10,14,16H,4H2,1-3H3. The zero-order chi connectivity index (χ0) is 13.0. The first-order valence-electron chi connectivity index (χ1n) is 6.29. The molecule has 3 nitrogen and oxygen atoms in total. The average Bonchev–Trinajstić information content (AvgIpc) is 2.39. The van der Waals surface area contributed by atoms with Crippen molar-refractivity contribution in [1.82, 2.24) is 15.3 Å². The van der Waals surface area contributed by atoms with E-state index in [1.54, 1.807) is 0 Å². The third-order valence-corrected chi connectivity index (χ3v) is 2.88. The number of nitrogens with zero attached hydrogens (tertiary/aromatic N) is 2. The summed E-state index contributed by atoms with van der Waals surface area (Å²) in [6, 6.07) is 8.57. The van der Waals surface area contributed by atoms with Gasteiger partial charge in [0.05, 0.1) is 6.04 Å². The molecule has 0 bridgehead atoms. The number of nitrogens with one attached hydrogen (secondary N) is 1. The number of aromatic nitrogens is 2. The third kappa shape index (κ3) is 2.93. The highest BCUT2D eigenvalue weighted by atomic mass is 15.0. The normalized spacial score (nSPS) is 12.4. The zero-order valence-electron chi connectivity index (χ0n) is 11.1. The van der Waals surface area contributed by atoms with Gasteiger partial charge < -0.3 is 5.32 Å². The van der Waals surface area contributed by atoms with E-state index in [9.17, 15) is 0 Å². The van der Waals surface area contributed by atoms with Gasteiger partial charge in [-0.25, -0.2) is 9.97 Å². The summed E-state index contributed by atoms with van der Waals surface area (Å²) < 4.78 is 0. The molecule has 0 aliphatic carbocycles. The first-order chi connectivity index (χ1) is 8.70. The van der Waals surface area contributed by atoms with E-state index in [0.717, 1.165) is 17.9 Å². The molecule has 2 rings (SSSR count). The summed E-state index contributed by atoms with van der Waals surface area (Å²) in [6.45, 7) is 7.07. The minimum absolute atomic E-state index is 0.0659. The maximum Gasteiger partial charge on any atom is 0.149 e. The Kier molecular flexibility index (Phi) is 4.05. The number of aryl methyl sites for hydroxylation is 2. The van der Waals surface area contributed by atoms with Crippen molar-refractivity contribution < 1.29 is 0 Å². The molecule has 3 heteroatoms. The van der Waals surface area contributed by atoms with Gasteiger partial charge in [0.1, 0.15) is 5.82 Å². The second-order valence-electron chi connectivity index (χ2n) is 4.52. The summed E-state index contributed by atoms with van der Waals surface area (Å²) in [4.78, 5) is 8.84. The summed E-state index contributed by atoms with van der Waals surface area (Å²) in [6.07, 6.45) is 3.72. The molecule has 0 radical (unpaired) electrons. The summed E-state index contributed by atoms with van der Waals surface area (Å²) in [5.74, 6) is 0.825. The number of hydrogen-bond acceptors (Lipinski definition) is 3. The van der Waals surface area contributed by atoms with Crippen LogP contribution in [-0.2, 0) is 0 Å². The minimum Gasteiger partial charge on any atom is -0.304 e. The van der Waals surface area contributed by atoms with E-state index in [-0.39, 0.29) is 6.04 Å². The minimum atomic E-state index is 0.0659. The van der Waals surface area contributed by atoms with Crippen LogP contribution in [0.4, 0.5) is 0 Å². The van der Waals surface area contributed by atoms with E-state index >= 15 is 0 Å². The molecule has 0 saturated heterocycles. The molecule has 1 N–H and O–H groups in total. The smallest absolute Gasteiger partial charge is 0.149 e. The van der Waals surface area contributed by atoms with Gasteiger partial charge in [0, 0.05) is 12.4 Å². The van der Waals surface area contributed by atoms with Gasteiger partial charge in [-0.2, -0.15) is 0 Å². The molecule has 1 heterocycles. The second-order valence-corrected chi connectivity index (χ2v) is 4.52. The van der Waals surface area contributed by atoms with Crippen LogP contribution in [0.1, 0.15) is 35.5 Å². The van der Waals surface area contributed by atoms with Gasteiger partial charge >= 0.3 is 0 Å². The van der Waals surface area contributed by atoms with E-state index in [0.29, 0.717) is 0 Å². The Balaban J connectivity index is 2.33. The lowest BCUT2D eigenvalue weighted by Crippen LogP contribution is -2.24. The molecule has 94 valence electrons. The lowest BCUT2D eigenvalue weighted by Gasteiger charge is -2.17. The van der Waals surface area contributed by atoms with Crippen LogP contribution in [0.5, 0.6) is 0 Å². The second kappa shape index (κ2) is 5.74. The predicted molar refractivity (Wildman–Crippen MR) is 73.5 cm³/mol. The Hall–Kier alpha value is -1.74. The summed E-state index contributed by atoms with van der Waals surface area (Å²) in [5, 5.41) is 3.43. The molecule has 2 aromatic rings. The van der Waals surface area contributed by atoms with Crippen molar-refractivity contribution in [2.45, 2.75) is 26.8 Å². The molecular weight excluding hydrogens is 222 g/mol. The topological polar surface area (TPSA) is 37.8 Å². The van der Waals surface area contributed by atoms with Crippen molar-refractivity contribution in [2.24, 2.45) is 0 Å². The average molecular weight is 241 g/mol. The zero-order valence-corrected chi connectivity index (χ0v) is 11.1. The van der Waals surface area contributed by atoms with Crippen LogP contribution >= 0.6 is 0 Å². The van der Waals surface area contributed by atoms with Gasteiger partial charge in [0.15, 0.2) is 0 Å². The molecule has 0 saturated carbocycles.